The number of nitrogens with zero attached hydrogens (tertiary/aromatic N) is 2. The molecule has 0 unspecified atom stereocenters. The van der Waals surface area contributed by atoms with Gasteiger partial charge in [-0.3, -0.25) is 0 Å². The second-order valence-corrected chi connectivity index (χ2v) is 6.36. The van der Waals surface area contributed by atoms with Gasteiger partial charge in [0.15, 0.2) is 0 Å². The summed E-state index contributed by atoms with van der Waals surface area (Å²) in [6.45, 7) is 14.5. The van der Waals surface area contributed by atoms with Crippen molar-refractivity contribution in [3.63, 3.8) is 0 Å². The summed E-state index contributed by atoms with van der Waals surface area (Å²) < 4.78 is 8.56. The fourth-order valence-electron chi connectivity index (χ4n) is 2.32. The number of nitrogens with one attached hydrogen (secondary N) is 1. The summed E-state index contributed by atoms with van der Waals surface area (Å²) in [6, 6.07) is 8.02. The van der Waals surface area contributed by atoms with E-state index in [-0.39, 0.29) is 0 Å². The highest BCUT2D eigenvalue weighted by Gasteiger charge is 2.28. The lowest BCUT2D eigenvalue weighted by atomic mass is 9.79. The van der Waals surface area contributed by atoms with Crippen LogP contribution in [0.15, 0.2) is 35.4 Å². The van der Waals surface area contributed by atoms with Gasteiger partial charge in [-0.15, -0.1) is 0 Å². The van der Waals surface area contributed by atoms with Gasteiger partial charge in [-0.05, 0) is 53.7 Å². The van der Waals surface area contributed by atoms with E-state index >= 15 is 0 Å². The second kappa shape index (κ2) is 14.3. The van der Waals surface area contributed by atoms with Crippen LogP contribution in [-0.4, -0.2) is 31.2 Å². The van der Waals surface area contributed by atoms with Gasteiger partial charge >= 0.3 is 7.12 Å². The highest BCUT2D eigenvalue weighted by molar-refractivity contribution is 8.00. The van der Waals surface area contributed by atoms with E-state index in [1.54, 1.807) is 0 Å². The van der Waals surface area contributed by atoms with Crippen molar-refractivity contribution in [1.82, 2.24) is 4.98 Å². The molecule has 5 nitrogen and oxygen atoms in total. The number of hydrogen-bond acceptors (Lipinski definition) is 6. The Balaban J connectivity index is 0.00000111. The van der Waals surface area contributed by atoms with E-state index in [1.807, 2.05) is 91.9 Å². The van der Waals surface area contributed by atoms with Gasteiger partial charge in [0.25, 0.3) is 0 Å². The molecule has 1 aromatic heterocycles. The Kier molecular flexibility index (Phi) is 13.5. The van der Waals surface area contributed by atoms with Crippen molar-refractivity contribution < 1.29 is 9.68 Å². The van der Waals surface area contributed by atoms with Crippen molar-refractivity contribution in [3.05, 3.63) is 41.6 Å². The SMILES string of the molecule is CC.CC.CC.Cc1cc2c(cc1NSc1ccc(N(C)C)nc1)B(O)OC2. The van der Waals surface area contributed by atoms with Crippen LogP contribution in [0.4, 0.5) is 11.5 Å². The first-order chi connectivity index (χ1) is 13.5. The van der Waals surface area contributed by atoms with Crippen LogP contribution in [0.3, 0.4) is 0 Å². The number of pyridine rings is 1. The Morgan fingerprint density at radius 2 is 1.75 bits per heavy atom. The Labute approximate surface area is 176 Å². The Hall–Kier alpha value is -1.70. The molecule has 0 radical (unpaired) electrons. The maximum atomic E-state index is 9.79. The molecule has 2 aromatic rings. The predicted octanol–water partition coefficient (Wildman–Crippen LogP) is 4.87. The minimum Gasteiger partial charge on any atom is -0.423 e. The zero-order valence-corrected chi connectivity index (χ0v) is 19.6. The summed E-state index contributed by atoms with van der Waals surface area (Å²) in [5.74, 6) is 0.929. The summed E-state index contributed by atoms with van der Waals surface area (Å²) in [6.07, 6.45) is 1.84. The van der Waals surface area contributed by atoms with Crippen molar-refractivity contribution in [2.75, 3.05) is 23.7 Å². The average Bonchev–Trinajstić information content (AvgIpc) is 3.10. The van der Waals surface area contributed by atoms with Crippen molar-refractivity contribution in [3.8, 4) is 0 Å². The standard InChI is InChI=1S/C15H18BN3O2S.3C2H6/c1-10-6-11-9-21-16(20)13(11)7-14(10)18-22-12-4-5-15(17-8-12)19(2)3;3*1-2/h4-8,18,20H,9H2,1-3H3;3*1-2H3. The number of rotatable bonds is 4. The third-order valence-electron chi connectivity index (χ3n) is 3.61. The third kappa shape index (κ3) is 7.38. The second-order valence-electron chi connectivity index (χ2n) is 5.48. The zero-order valence-electron chi connectivity index (χ0n) is 18.8. The van der Waals surface area contributed by atoms with Gasteiger partial charge in [0, 0.05) is 30.9 Å². The number of hydrogen-bond donors (Lipinski definition) is 2. The number of anilines is 2. The Bertz CT molecular complexity index is 682. The van der Waals surface area contributed by atoms with Crippen molar-refractivity contribution in [2.45, 2.75) is 60.0 Å². The first kappa shape index (κ1) is 26.3. The summed E-state index contributed by atoms with van der Waals surface area (Å²) in [5, 5.41) is 9.79. The van der Waals surface area contributed by atoms with Crippen molar-refractivity contribution in [1.29, 1.82) is 0 Å². The van der Waals surface area contributed by atoms with Gasteiger partial charge < -0.3 is 19.3 Å². The molecule has 0 saturated carbocycles. The van der Waals surface area contributed by atoms with Gasteiger partial charge in [-0.25, -0.2) is 4.98 Å². The summed E-state index contributed by atoms with van der Waals surface area (Å²) in [7, 11) is 3.12. The van der Waals surface area contributed by atoms with Gasteiger partial charge in [0.2, 0.25) is 0 Å². The predicted molar refractivity (Wildman–Crippen MR) is 126 cm³/mol. The molecule has 0 atom stereocenters. The summed E-state index contributed by atoms with van der Waals surface area (Å²) in [5.41, 5.74) is 4.00. The van der Waals surface area contributed by atoms with Crippen LogP contribution in [0.2, 0.25) is 0 Å². The Morgan fingerprint density at radius 1 is 1.11 bits per heavy atom. The van der Waals surface area contributed by atoms with Crippen LogP contribution in [0.1, 0.15) is 52.7 Å². The molecule has 28 heavy (non-hydrogen) atoms. The molecule has 2 N–H and O–H groups in total. The maximum Gasteiger partial charge on any atom is 0.491 e. The van der Waals surface area contributed by atoms with E-state index in [0.29, 0.717) is 6.61 Å². The van der Waals surface area contributed by atoms with Gasteiger partial charge in [-0.1, -0.05) is 47.6 Å². The van der Waals surface area contributed by atoms with Crippen LogP contribution in [0, 0.1) is 6.92 Å². The fourth-order valence-corrected chi connectivity index (χ4v) is 3.01. The lowest BCUT2D eigenvalue weighted by Crippen LogP contribution is -2.28. The topological polar surface area (TPSA) is 57.6 Å². The van der Waals surface area contributed by atoms with Crippen LogP contribution in [0.5, 0.6) is 0 Å². The molecule has 1 aromatic carbocycles. The molecule has 0 bridgehead atoms. The van der Waals surface area contributed by atoms with E-state index in [1.165, 1.54) is 11.9 Å². The summed E-state index contributed by atoms with van der Waals surface area (Å²) >= 11 is 1.50. The minimum atomic E-state index is -0.817. The average molecular weight is 405 g/mol. The van der Waals surface area contributed by atoms with Crippen LogP contribution >= 0.6 is 11.9 Å². The monoisotopic (exact) mass is 405 g/mol. The normalized spacial score (nSPS) is 11.0. The molecule has 2 heterocycles. The highest BCUT2D eigenvalue weighted by Crippen LogP contribution is 2.26. The van der Waals surface area contributed by atoms with Crippen LogP contribution in [-0.2, 0) is 11.3 Å². The molecular weight excluding hydrogens is 369 g/mol. The van der Waals surface area contributed by atoms with E-state index in [4.69, 9.17) is 4.65 Å². The Morgan fingerprint density at radius 3 is 2.29 bits per heavy atom. The van der Waals surface area contributed by atoms with Crippen molar-refractivity contribution in [2.24, 2.45) is 0 Å². The molecule has 0 fully saturated rings. The third-order valence-corrected chi connectivity index (χ3v) is 4.41. The number of benzene rings is 1. The minimum absolute atomic E-state index is 0.473. The number of aromatic nitrogens is 1. The molecule has 1 aliphatic heterocycles. The quantitative estimate of drug-likeness (QED) is 0.559. The maximum absolute atomic E-state index is 9.79. The van der Waals surface area contributed by atoms with Crippen LogP contribution in [0.25, 0.3) is 0 Å². The molecule has 0 amide bonds. The van der Waals surface area contributed by atoms with E-state index < -0.39 is 7.12 Å². The molecule has 1 aliphatic rings. The first-order valence-corrected chi connectivity index (χ1v) is 10.9. The van der Waals surface area contributed by atoms with Gasteiger partial charge in [0.1, 0.15) is 5.82 Å². The molecule has 0 aliphatic carbocycles. The fraction of sp³-hybridized carbons (Fsp3) is 0.476. The van der Waals surface area contributed by atoms with E-state index in [0.717, 1.165) is 33.0 Å². The van der Waals surface area contributed by atoms with Gasteiger partial charge in [0.05, 0.1) is 6.61 Å². The molecule has 0 spiro atoms. The van der Waals surface area contributed by atoms with E-state index in [9.17, 15) is 5.02 Å². The largest absolute Gasteiger partial charge is 0.491 e. The van der Waals surface area contributed by atoms with E-state index in [2.05, 4.69) is 15.8 Å². The number of aryl methyl sites for hydroxylation is 1. The lowest BCUT2D eigenvalue weighted by molar-refractivity contribution is 0.275. The smallest absolute Gasteiger partial charge is 0.423 e. The molecule has 3 rings (SSSR count). The molecular formula is C21H36BN3O2S. The molecule has 156 valence electrons. The first-order valence-electron chi connectivity index (χ1n) is 10.0. The summed E-state index contributed by atoms with van der Waals surface area (Å²) in [4.78, 5) is 7.38. The van der Waals surface area contributed by atoms with Gasteiger partial charge in [-0.2, -0.15) is 0 Å². The number of fused-ring (bicyclic) bond motifs is 1. The lowest BCUT2D eigenvalue weighted by Gasteiger charge is -2.13. The zero-order chi connectivity index (χ0) is 21.7. The van der Waals surface area contributed by atoms with Crippen LogP contribution < -0.4 is 15.1 Å². The molecule has 0 saturated heterocycles. The molecule has 7 heteroatoms. The highest BCUT2D eigenvalue weighted by atomic mass is 32.2. The van der Waals surface area contributed by atoms with Crippen molar-refractivity contribution >= 4 is 36.0 Å².